The average Bonchev–Trinajstić information content (AvgIpc) is 2.89. The molecule has 2 aromatic rings. The molecule has 5 N–H and O–H groups in total. The van der Waals surface area contributed by atoms with Gasteiger partial charge in [0.15, 0.2) is 0 Å². The number of hydrogen-bond donors (Lipinski definition) is 4. The van der Waals surface area contributed by atoms with Crippen molar-refractivity contribution >= 4 is 11.6 Å². The number of hydrogen-bond acceptors (Lipinski definition) is 3. The summed E-state index contributed by atoms with van der Waals surface area (Å²) in [6, 6.07) is 5.58. The number of carbonyl (C=O) groups is 1. The number of nitrogens with one attached hydrogen (secondary N) is 3. The number of aromatic amines is 2. The van der Waals surface area contributed by atoms with Crippen molar-refractivity contribution in [1.29, 1.82) is 0 Å². The van der Waals surface area contributed by atoms with Gasteiger partial charge in [-0.1, -0.05) is 6.07 Å². The molecule has 92 valence electrons. The van der Waals surface area contributed by atoms with Crippen LogP contribution in [-0.4, -0.2) is 16.1 Å². The van der Waals surface area contributed by atoms with Gasteiger partial charge in [0.2, 0.25) is 5.91 Å². The Morgan fingerprint density at radius 2 is 2.06 bits per heavy atom. The lowest BCUT2D eigenvalue weighted by atomic mass is 10.0. The SMILES string of the molecule is NCc1c(-c2ccc3c(c2)CC(=O)N3)[nH][nH]c1=O. The third kappa shape index (κ3) is 1.54. The lowest BCUT2D eigenvalue weighted by Crippen LogP contribution is -2.10. The fourth-order valence-electron chi connectivity index (χ4n) is 2.21. The van der Waals surface area contributed by atoms with Crippen molar-refractivity contribution < 1.29 is 4.79 Å². The highest BCUT2D eigenvalue weighted by Gasteiger charge is 2.19. The van der Waals surface area contributed by atoms with Gasteiger partial charge >= 0.3 is 0 Å². The number of H-pyrrole nitrogens is 2. The van der Waals surface area contributed by atoms with E-state index in [0.29, 0.717) is 17.7 Å². The molecule has 0 saturated carbocycles. The monoisotopic (exact) mass is 244 g/mol. The van der Waals surface area contributed by atoms with E-state index in [1.807, 2.05) is 18.2 Å². The standard InChI is InChI=1S/C12H12N4O2/c13-5-8-11(15-16-12(8)18)6-1-2-9-7(3-6)4-10(17)14-9/h1-3H,4-5,13H2,(H,14,17)(H2,15,16,18). The second-order valence-corrected chi connectivity index (χ2v) is 4.23. The van der Waals surface area contributed by atoms with Gasteiger partial charge in [-0.3, -0.25) is 19.8 Å². The highest BCUT2D eigenvalue weighted by Crippen LogP contribution is 2.28. The van der Waals surface area contributed by atoms with E-state index in [4.69, 9.17) is 5.73 Å². The second-order valence-electron chi connectivity index (χ2n) is 4.23. The highest BCUT2D eigenvalue weighted by molar-refractivity contribution is 5.99. The largest absolute Gasteiger partial charge is 0.326 e. The Balaban J connectivity index is 2.11. The highest BCUT2D eigenvalue weighted by atomic mass is 16.1. The van der Waals surface area contributed by atoms with Gasteiger partial charge in [0.05, 0.1) is 17.7 Å². The first-order valence-electron chi connectivity index (χ1n) is 5.62. The lowest BCUT2D eigenvalue weighted by molar-refractivity contribution is -0.115. The van der Waals surface area contributed by atoms with E-state index in [9.17, 15) is 9.59 Å². The molecule has 1 aromatic heterocycles. The van der Waals surface area contributed by atoms with Crippen molar-refractivity contribution in [2.75, 3.05) is 5.32 Å². The second kappa shape index (κ2) is 3.85. The van der Waals surface area contributed by atoms with Gasteiger partial charge in [-0.15, -0.1) is 0 Å². The molecule has 0 atom stereocenters. The molecule has 0 unspecified atom stereocenters. The average molecular weight is 244 g/mol. The Bertz CT molecular complexity index is 684. The summed E-state index contributed by atoms with van der Waals surface area (Å²) in [5, 5.41) is 8.11. The Morgan fingerprint density at radius 3 is 2.83 bits per heavy atom. The van der Waals surface area contributed by atoms with E-state index < -0.39 is 0 Å². The number of carbonyl (C=O) groups excluding carboxylic acids is 1. The summed E-state index contributed by atoms with van der Waals surface area (Å²) in [7, 11) is 0. The van der Waals surface area contributed by atoms with Crippen LogP contribution in [0.5, 0.6) is 0 Å². The fourth-order valence-corrected chi connectivity index (χ4v) is 2.21. The molecule has 6 heteroatoms. The molecule has 1 aliphatic rings. The molecule has 1 aromatic carbocycles. The molecule has 18 heavy (non-hydrogen) atoms. The van der Waals surface area contributed by atoms with Crippen molar-refractivity contribution in [3.8, 4) is 11.3 Å². The quantitative estimate of drug-likeness (QED) is 0.611. The molecule has 0 saturated heterocycles. The normalized spacial score (nSPS) is 13.5. The minimum Gasteiger partial charge on any atom is -0.326 e. The van der Waals surface area contributed by atoms with Gasteiger partial charge in [-0.05, 0) is 17.7 Å². The molecule has 1 amide bonds. The Morgan fingerprint density at radius 1 is 1.22 bits per heavy atom. The molecule has 0 spiro atoms. The van der Waals surface area contributed by atoms with E-state index in [1.54, 1.807) is 0 Å². The summed E-state index contributed by atoms with van der Waals surface area (Å²) in [5.74, 6) is -0.0104. The molecule has 0 radical (unpaired) electrons. The minimum absolute atomic E-state index is 0.0104. The number of aromatic nitrogens is 2. The molecule has 3 rings (SSSR count). The van der Waals surface area contributed by atoms with Gasteiger partial charge in [0, 0.05) is 17.8 Å². The first kappa shape index (κ1) is 10.8. The van der Waals surface area contributed by atoms with Crippen molar-refractivity contribution in [2.45, 2.75) is 13.0 Å². The summed E-state index contributed by atoms with van der Waals surface area (Å²) >= 11 is 0. The lowest BCUT2D eigenvalue weighted by Gasteiger charge is -2.03. The van der Waals surface area contributed by atoms with Crippen LogP contribution in [0, 0.1) is 0 Å². The first-order chi connectivity index (χ1) is 8.69. The van der Waals surface area contributed by atoms with Crippen LogP contribution in [0.2, 0.25) is 0 Å². The smallest absolute Gasteiger partial charge is 0.269 e. The van der Waals surface area contributed by atoms with Crippen LogP contribution >= 0.6 is 0 Å². The van der Waals surface area contributed by atoms with E-state index in [-0.39, 0.29) is 18.0 Å². The van der Waals surface area contributed by atoms with Crippen LogP contribution in [0.1, 0.15) is 11.1 Å². The number of rotatable bonds is 2. The molecule has 2 heterocycles. The van der Waals surface area contributed by atoms with Crippen molar-refractivity contribution in [3.05, 3.63) is 39.7 Å². The third-order valence-electron chi connectivity index (χ3n) is 3.10. The van der Waals surface area contributed by atoms with Crippen LogP contribution in [0.25, 0.3) is 11.3 Å². The van der Waals surface area contributed by atoms with Gasteiger partial charge in [-0.25, -0.2) is 0 Å². The summed E-state index contributed by atoms with van der Waals surface area (Å²) in [5.41, 5.74) is 9.17. The molecule has 0 aliphatic carbocycles. The molecule has 1 aliphatic heterocycles. The van der Waals surface area contributed by atoms with Crippen molar-refractivity contribution in [1.82, 2.24) is 10.2 Å². The van der Waals surface area contributed by atoms with E-state index >= 15 is 0 Å². The van der Waals surface area contributed by atoms with E-state index in [1.165, 1.54) is 0 Å². The summed E-state index contributed by atoms with van der Waals surface area (Å²) < 4.78 is 0. The molecular formula is C12H12N4O2. The molecule has 6 nitrogen and oxygen atoms in total. The predicted octanol–water partition coefficient (Wildman–Crippen LogP) is 0.323. The maximum Gasteiger partial charge on any atom is 0.269 e. The number of amides is 1. The van der Waals surface area contributed by atoms with Gasteiger partial charge in [-0.2, -0.15) is 0 Å². The molecule has 0 fully saturated rings. The zero-order valence-corrected chi connectivity index (χ0v) is 9.54. The minimum atomic E-state index is -0.206. The molecule has 0 bridgehead atoms. The maximum atomic E-state index is 11.5. The Kier molecular flexibility index (Phi) is 2.31. The number of anilines is 1. The fraction of sp³-hybridized carbons (Fsp3) is 0.167. The summed E-state index contributed by atoms with van der Waals surface area (Å²) in [6.45, 7) is 0.169. The molecular weight excluding hydrogens is 232 g/mol. The third-order valence-corrected chi connectivity index (χ3v) is 3.10. The van der Waals surface area contributed by atoms with Crippen LogP contribution in [0.15, 0.2) is 23.0 Å². The van der Waals surface area contributed by atoms with E-state index in [2.05, 4.69) is 15.5 Å². The summed E-state index contributed by atoms with van der Waals surface area (Å²) in [4.78, 5) is 22.8. The Hall–Kier alpha value is -2.34. The van der Waals surface area contributed by atoms with Crippen molar-refractivity contribution in [3.63, 3.8) is 0 Å². The van der Waals surface area contributed by atoms with Gasteiger partial charge in [0.1, 0.15) is 0 Å². The van der Waals surface area contributed by atoms with Crippen LogP contribution < -0.4 is 16.6 Å². The Labute approximate surface area is 102 Å². The number of fused-ring (bicyclic) bond motifs is 1. The van der Waals surface area contributed by atoms with Crippen LogP contribution in [0.3, 0.4) is 0 Å². The summed E-state index contributed by atoms with van der Waals surface area (Å²) in [6.07, 6.45) is 0.371. The van der Waals surface area contributed by atoms with Crippen LogP contribution in [-0.2, 0) is 17.8 Å². The van der Waals surface area contributed by atoms with Gasteiger partial charge < -0.3 is 11.1 Å². The number of benzene rings is 1. The topological polar surface area (TPSA) is 104 Å². The zero-order chi connectivity index (χ0) is 12.7. The maximum absolute atomic E-state index is 11.5. The predicted molar refractivity (Wildman–Crippen MR) is 67.1 cm³/mol. The van der Waals surface area contributed by atoms with Crippen molar-refractivity contribution in [2.24, 2.45) is 5.73 Å². The number of nitrogens with two attached hydrogens (primary N) is 1. The van der Waals surface area contributed by atoms with E-state index in [0.717, 1.165) is 16.8 Å². The zero-order valence-electron chi connectivity index (χ0n) is 9.54. The van der Waals surface area contributed by atoms with Crippen LogP contribution in [0.4, 0.5) is 5.69 Å². The first-order valence-corrected chi connectivity index (χ1v) is 5.62. The van der Waals surface area contributed by atoms with Gasteiger partial charge in [0.25, 0.3) is 5.56 Å².